The van der Waals surface area contributed by atoms with Crippen molar-refractivity contribution in [2.45, 2.75) is 31.7 Å². The van der Waals surface area contributed by atoms with Gasteiger partial charge in [-0.1, -0.05) is 6.07 Å². The van der Waals surface area contributed by atoms with Crippen molar-refractivity contribution in [3.05, 3.63) is 29.8 Å². The minimum atomic E-state index is -2.69. The van der Waals surface area contributed by atoms with Crippen molar-refractivity contribution in [2.75, 3.05) is 6.61 Å². The first-order valence-electron chi connectivity index (χ1n) is 6.41. The fourth-order valence-electron chi connectivity index (χ4n) is 2.44. The topological polar surface area (TPSA) is 42.4 Å². The third kappa shape index (κ3) is 2.06. The minimum Gasteiger partial charge on any atom is -0.272 e. The molecule has 0 aromatic carbocycles. The van der Waals surface area contributed by atoms with Crippen LogP contribution in [0.3, 0.4) is 0 Å². The maximum atomic E-state index is 13.0. The van der Waals surface area contributed by atoms with Gasteiger partial charge < -0.3 is 0 Å². The SMILES string of the molecule is O=C(N1OCC[C@H]1c1ccc(F)nc1)C1(C(F)F)CC1. The first-order chi connectivity index (χ1) is 9.54. The van der Waals surface area contributed by atoms with E-state index in [-0.39, 0.29) is 19.4 Å². The molecular formula is C13H13F3N2O2. The van der Waals surface area contributed by atoms with Crippen molar-refractivity contribution in [2.24, 2.45) is 5.41 Å². The van der Waals surface area contributed by atoms with Gasteiger partial charge in [-0.05, 0) is 24.5 Å². The van der Waals surface area contributed by atoms with Crippen LogP contribution in [0.2, 0.25) is 0 Å². The van der Waals surface area contributed by atoms with E-state index in [9.17, 15) is 18.0 Å². The molecule has 1 aromatic heterocycles. The second kappa shape index (κ2) is 4.73. The summed E-state index contributed by atoms with van der Waals surface area (Å²) in [5, 5.41) is 1.02. The monoisotopic (exact) mass is 286 g/mol. The standard InChI is InChI=1S/C13H13F3N2O2/c14-10-2-1-8(7-17-10)9-3-6-20-18(9)12(19)13(4-5-13)11(15)16/h1-2,7,9,11H,3-6H2/t9-/m0/s1. The molecular weight excluding hydrogens is 273 g/mol. The van der Waals surface area contributed by atoms with Crippen LogP contribution in [0, 0.1) is 11.4 Å². The molecule has 1 saturated heterocycles. The highest BCUT2D eigenvalue weighted by Crippen LogP contribution is 2.53. The molecule has 7 heteroatoms. The van der Waals surface area contributed by atoms with E-state index in [1.54, 1.807) is 0 Å². The number of pyridine rings is 1. The first kappa shape index (κ1) is 13.4. The van der Waals surface area contributed by atoms with Crippen molar-refractivity contribution in [3.8, 4) is 0 Å². The molecule has 2 fully saturated rings. The summed E-state index contributed by atoms with van der Waals surface area (Å²) in [6.45, 7) is 0.271. The smallest absolute Gasteiger partial charge is 0.258 e. The Morgan fingerprint density at radius 1 is 1.45 bits per heavy atom. The Bertz CT molecular complexity index is 517. The molecule has 3 rings (SSSR count). The van der Waals surface area contributed by atoms with E-state index in [4.69, 9.17) is 4.84 Å². The van der Waals surface area contributed by atoms with E-state index >= 15 is 0 Å². The Morgan fingerprint density at radius 2 is 2.20 bits per heavy atom. The van der Waals surface area contributed by atoms with E-state index in [0.29, 0.717) is 12.0 Å². The van der Waals surface area contributed by atoms with Crippen LogP contribution in [0.4, 0.5) is 13.2 Å². The van der Waals surface area contributed by atoms with Crippen molar-refractivity contribution in [1.29, 1.82) is 0 Å². The van der Waals surface area contributed by atoms with Gasteiger partial charge in [0.05, 0.1) is 12.6 Å². The van der Waals surface area contributed by atoms with Gasteiger partial charge in [-0.2, -0.15) is 4.39 Å². The van der Waals surface area contributed by atoms with Crippen LogP contribution in [0.1, 0.15) is 30.9 Å². The summed E-state index contributed by atoms with van der Waals surface area (Å²) in [6, 6.07) is 2.19. The molecule has 0 radical (unpaired) electrons. The number of halogens is 3. The Kier molecular flexibility index (Phi) is 3.16. The van der Waals surface area contributed by atoms with E-state index < -0.39 is 29.7 Å². The Hall–Kier alpha value is -1.63. The molecule has 1 amide bonds. The summed E-state index contributed by atoms with van der Waals surface area (Å²) in [6.07, 6.45) is -0.545. The van der Waals surface area contributed by atoms with Gasteiger partial charge in [-0.25, -0.2) is 18.8 Å². The largest absolute Gasteiger partial charge is 0.272 e. The van der Waals surface area contributed by atoms with E-state index in [0.717, 1.165) is 5.06 Å². The number of carbonyl (C=O) groups excluding carboxylic acids is 1. The number of aromatic nitrogens is 1. The van der Waals surface area contributed by atoms with E-state index in [1.807, 2.05) is 0 Å². The molecule has 1 aliphatic heterocycles. The second-order valence-corrected chi connectivity index (χ2v) is 5.14. The van der Waals surface area contributed by atoms with Gasteiger partial charge in [-0.3, -0.25) is 9.63 Å². The molecule has 4 nitrogen and oxygen atoms in total. The number of hydroxylamine groups is 2. The average molecular weight is 286 g/mol. The van der Waals surface area contributed by atoms with Gasteiger partial charge >= 0.3 is 0 Å². The average Bonchev–Trinajstić information content (AvgIpc) is 3.11. The number of nitrogens with zero attached hydrogens (tertiary/aromatic N) is 2. The molecule has 1 aromatic rings. The molecule has 1 saturated carbocycles. The molecule has 108 valence electrons. The number of rotatable bonds is 3. The van der Waals surface area contributed by atoms with Crippen LogP contribution < -0.4 is 0 Å². The van der Waals surface area contributed by atoms with Gasteiger partial charge in [0.1, 0.15) is 5.41 Å². The predicted molar refractivity (Wildman–Crippen MR) is 62.0 cm³/mol. The lowest BCUT2D eigenvalue weighted by Crippen LogP contribution is -2.39. The van der Waals surface area contributed by atoms with Crippen LogP contribution in [0.25, 0.3) is 0 Å². The Labute approximate surface area is 113 Å². The van der Waals surface area contributed by atoms with Crippen molar-refractivity contribution in [3.63, 3.8) is 0 Å². The van der Waals surface area contributed by atoms with Gasteiger partial charge in [0, 0.05) is 12.6 Å². The lowest BCUT2D eigenvalue weighted by Gasteiger charge is -2.26. The molecule has 2 heterocycles. The van der Waals surface area contributed by atoms with Gasteiger partial charge in [0.15, 0.2) is 0 Å². The molecule has 0 bridgehead atoms. The highest BCUT2D eigenvalue weighted by Gasteiger charge is 2.60. The number of amides is 1. The molecule has 0 N–H and O–H groups in total. The number of hydrogen-bond donors (Lipinski definition) is 0. The lowest BCUT2D eigenvalue weighted by molar-refractivity contribution is -0.189. The quantitative estimate of drug-likeness (QED) is 0.802. The normalized spacial score (nSPS) is 24.2. The number of hydrogen-bond acceptors (Lipinski definition) is 3. The molecule has 20 heavy (non-hydrogen) atoms. The van der Waals surface area contributed by atoms with Crippen LogP contribution in [-0.4, -0.2) is 29.0 Å². The van der Waals surface area contributed by atoms with E-state index in [2.05, 4.69) is 4.98 Å². The maximum absolute atomic E-state index is 13.0. The van der Waals surface area contributed by atoms with Gasteiger partial charge in [0.2, 0.25) is 5.95 Å². The zero-order valence-electron chi connectivity index (χ0n) is 10.6. The van der Waals surface area contributed by atoms with Crippen LogP contribution in [-0.2, 0) is 9.63 Å². The minimum absolute atomic E-state index is 0.178. The molecule has 0 unspecified atom stereocenters. The predicted octanol–water partition coefficient (Wildman–Crippen LogP) is 2.47. The summed E-state index contributed by atoms with van der Waals surface area (Å²) >= 11 is 0. The third-order valence-electron chi connectivity index (χ3n) is 3.87. The summed E-state index contributed by atoms with van der Waals surface area (Å²) < 4.78 is 38.8. The highest BCUT2D eigenvalue weighted by atomic mass is 19.3. The lowest BCUT2D eigenvalue weighted by atomic mass is 10.0. The van der Waals surface area contributed by atoms with Crippen molar-refractivity contribution in [1.82, 2.24) is 10.0 Å². The molecule has 0 spiro atoms. The highest BCUT2D eigenvalue weighted by molar-refractivity contribution is 5.85. The van der Waals surface area contributed by atoms with E-state index in [1.165, 1.54) is 18.3 Å². The Morgan fingerprint density at radius 3 is 2.75 bits per heavy atom. The molecule has 2 aliphatic rings. The molecule has 1 atom stereocenters. The maximum Gasteiger partial charge on any atom is 0.258 e. The first-order valence-corrected chi connectivity index (χ1v) is 6.41. The zero-order valence-corrected chi connectivity index (χ0v) is 10.6. The van der Waals surface area contributed by atoms with Crippen molar-refractivity contribution < 1.29 is 22.8 Å². The zero-order chi connectivity index (χ0) is 14.3. The summed E-state index contributed by atoms with van der Waals surface area (Å²) in [5.41, 5.74) is -1.00. The third-order valence-corrected chi connectivity index (χ3v) is 3.87. The summed E-state index contributed by atoms with van der Waals surface area (Å²) in [7, 11) is 0. The van der Waals surface area contributed by atoms with Gasteiger partial charge in [0.25, 0.3) is 12.3 Å². The fourth-order valence-corrected chi connectivity index (χ4v) is 2.44. The van der Waals surface area contributed by atoms with Crippen molar-refractivity contribution >= 4 is 5.91 Å². The second-order valence-electron chi connectivity index (χ2n) is 5.14. The summed E-state index contributed by atoms with van der Waals surface area (Å²) in [5.74, 6) is -1.31. The fraction of sp³-hybridized carbons (Fsp3) is 0.538. The molecule has 1 aliphatic carbocycles. The van der Waals surface area contributed by atoms with Crippen LogP contribution in [0.15, 0.2) is 18.3 Å². The van der Waals surface area contributed by atoms with Gasteiger partial charge in [-0.15, -0.1) is 0 Å². The summed E-state index contributed by atoms with van der Waals surface area (Å²) in [4.78, 5) is 21.0. The van der Waals surface area contributed by atoms with Crippen LogP contribution in [0.5, 0.6) is 0 Å². The number of alkyl halides is 2. The Balaban J connectivity index is 1.82. The van der Waals surface area contributed by atoms with Crippen LogP contribution >= 0.6 is 0 Å². The number of carbonyl (C=O) groups is 1.